The molecule has 0 aliphatic carbocycles. The van der Waals surface area contributed by atoms with Gasteiger partial charge in [0.25, 0.3) is 0 Å². The maximum atomic E-state index is 13.5. The minimum Gasteiger partial charge on any atom is -0.508 e. The van der Waals surface area contributed by atoms with E-state index < -0.39 is 6.10 Å². The van der Waals surface area contributed by atoms with Gasteiger partial charge in [0.05, 0.1) is 5.92 Å². The molecule has 4 rings (SSSR count). The van der Waals surface area contributed by atoms with Gasteiger partial charge in [-0.3, -0.25) is 9.69 Å². The van der Waals surface area contributed by atoms with Crippen molar-refractivity contribution >= 4 is 5.91 Å². The van der Waals surface area contributed by atoms with Crippen molar-refractivity contribution in [2.24, 2.45) is 0 Å². The van der Waals surface area contributed by atoms with E-state index in [1.807, 2.05) is 65.6 Å². The van der Waals surface area contributed by atoms with Crippen molar-refractivity contribution in [3.05, 3.63) is 90.0 Å². The van der Waals surface area contributed by atoms with Crippen LogP contribution in [0.1, 0.15) is 17.0 Å². The number of benzene rings is 3. The summed E-state index contributed by atoms with van der Waals surface area (Å²) < 4.78 is 5.46. The van der Waals surface area contributed by atoms with Gasteiger partial charge in [-0.25, -0.2) is 0 Å². The third-order valence-electron chi connectivity index (χ3n) is 6.04. The van der Waals surface area contributed by atoms with Crippen molar-refractivity contribution in [2.75, 3.05) is 39.3 Å². The first-order chi connectivity index (χ1) is 16.5. The predicted molar refractivity (Wildman–Crippen MR) is 129 cm³/mol. The van der Waals surface area contributed by atoms with Crippen LogP contribution in [0.25, 0.3) is 0 Å². The normalized spacial score (nSPS) is 15.3. The second-order valence-electron chi connectivity index (χ2n) is 8.50. The van der Waals surface area contributed by atoms with Crippen LogP contribution in [0.15, 0.2) is 78.9 Å². The van der Waals surface area contributed by atoms with E-state index >= 15 is 0 Å². The monoisotopic (exact) mass is 462 g/mol. The predicted octanol–water partition coefficient (Wildman–Crippen LogP) is 2.81. The molecule has 1 amide bonds. The summed E-state index contributed by atoms with van der Waals surface area (Å²) in [5.74, 6) is -0.249. The molecule has 0 spiro atoms. The van der Waals surface area contributed by atoms with Crippen LogP contribution in [-0.4, -0.2) is 76.5 Å². The van der Waals surface area contributed by atoms with Gasteiger partial charge in [0.15, 0.2) is 11.5 Å². The molecular formula is C27H30N2O5. The maximum absolute atomic E-state index is 13.5. The summed E-state index contributed by atoms with van der Waals surface area (Å²) in [6.45, 7) is 2.83. The Kier molecular flexibility index (Phi) is 7.67. The van der Waals surface area contributed by atoms with Gasteiger partial charge in [-0.15, -0.1) is 0 Å². The number of aromatic hydroxyl groups is 2. The molecule has 7 nitrogen and oxygen atoms in total. The number of nitrogens with zero attached hydrogens (tertiary/aromatic N) is 2. The number of hydrogen-bond donors (Lipinski definition) is 3. The molecule has 0 radical (unpaired) electrons. The first-order valence-electron chi connectivity index (χ1n) is 11.4. The van der Waals surface area contributed by atoms with Crippen LogP contribution in [0.5, 0.6) is 17.2 Å². The second kappa shape index (κ2) is 11.0. The SMILES string of the molecule is O=C(C(c1ccccc1)c1ccccc1)N1CCN(CC(O)COc2cc(O)ccc2O)CC1. The van der Waals surface area contributed by atoms with Gasteiger partial charge < -0.3 is 25.0 Å². The molecule has 0 saturated carbocycles. The summed E-state index contributed by atoms with van der Waals surface area (Å²) in [5, 5.41) is 29.7. The van der Waals surface area contributed by atoms with Crippen LogP contribution in [0, 0.1) is 0 Å². The van der Waals surface area contributed by atoms with Crippen LogP contribution >= 0.6 is 0 Å². The molecule has 1 aliphatic heterocycles. The van der Waals surface area contributed by atoms with Crippen LogP contribution < -0.4 is 4.74 Å². The second-order valence-corrected chi connectivity index (χ2v) is 8.50. The molecule has 1 heterocycles. The Morgan fingerprint density at radius 2 is 1.44 bits per heavy atom. The van der Waals surface area contributed by atoms with Crippen molar-refractivity contribution in [3.63, 3.8) is 0 Å². The average Bonchev–Trinajstić information content (AvgIpc) is 2.86. The zero-order chi connectivity index (χ0) is 23.9. The lowest BCUT2D eigenvalue weighted by molar-refractivity contribution is -0.133. The molecule has 3 N–H and O–H groups in total. The molecule has 1 fully saturated rings. The largest absolute Gasteiger partial charge is 0.508 e. The molecule has 1 atom stereocenters. The van der Waals surface area contributed by atoms with Crippen molar-refractivity contribution in [1.82, 2.24) is 9.80 Å². The number of aliphatic hydroxyl groups excluding tert-OH is 1. The highest BCUT2D eigenvalue weighted by Crippen LogP contribution is 2.30. The summed E-state index contributed by atoms with van der Waals surface area (Å²) in [4.78, 5) is 17.5. The molecule has 1 saturated heterocycles. The number of rotatable bonds is 8. The standard InChI is InChI=1S/C27H30N2O5/c30-22-11-12-24(32)25(17-22)34-19-23(31)18-28-13-15-29(16-14-28)27(33)26(20-7-3-1-4-8-20)21-9-5-2-6-10-21/h1-12,17,23,26,30-32H,13-16,18-19H2. The minimum absolute atomic E-state index is 0.0136. The van der Waals surface area contributed by atoms with Gasteiger partial charge in [0.1, 0.15) is 18.5 Å². The van der Waals surface area contributed by atoms with E-state index in [1.54, 1.807) is 0 Å². The molecule has 1 aliphatic rings. The molecule has 34 heavy (non-hydrogen) atoms. The number of phenols is 2. The van der Waals surface area contributed by atoms with E-state index in [4.69, 9.17) is 4.74 Å². The lowest BCUT2D eigenvalue weighted by atomic mass is 9.90. The maximum Gasteiger partial charge on any atom is 0.234 e. The molecule has 3 aromatic carbocycles. The van der Waals surface area contributed by atoms with Gasteiger partial charge in [-0.2, -0.15) is 0 Å². The average molecular weight is 463 g/mol. The molecule has 1 unspecified atom stereocenters. The van der Waals surface area contributed by atoms with E-state index in [-0.39, 0.29) is 35.7 Å². The number of aliphatic hydroxyl groups is 1. The van der Waals surface area contributed by atoms with Crippen molar-refractivity contribution in [2.45, 2.75) is 12.0 Å². The Bertz CT molecular complexity index is 1030. The van der Waals surface area contributed by atoms with Crippen molar-refractivity contribution in [1.29, 1.82) is 0 Å². The lowest BCUT2D eigenvalue weighted by Crippen LogP contribution is -2.52. The third kappa shape index (κ3) is 5.87. The fraction of sp³-hybridized carbons (Fsp3) is 0.296. The Balaban J connectivity index is 1.32. The number of carbonyl (C=O) groups excluding carboxylic acids is 1. The van der Waals surface area contributed by atoms with E-state index in [9.17, 15) is 20.1 Å². The molecule has 0 aromatic heterocycles. The summed E-state index contributed by atoms with van der Waals surface area (Å²) in [6, 6.07) is 23.7. The third-order valence-corrected chi connectivity index (χ3v) is 6.04. The number of β-amino-alcohol motifs (C(OH)–C–C–N with tert-alkyl or cyclic N) is 1. The number of phenolic OH excluding ortho intramolecular Hbond substituents is 2. The van der Waals surface area contributed by atoms with Crippen LogP contribution in [0.3, 0.4) is 0 Å². The van der Waals surface area contributed by atoms with Gasteiger partial charge >= 0.3 is 0 Å². The summed E-state index contributed by atoms with van der Waals surface area (Å²) >= 11 is 0. The fourth-order valence-electron chi connectivity index (χ4n) is 4.26. The zero-order valence-electron chi connectivity index (χ0n) is 19.0. The van der Waals surface area contributed by atoms with Crippen LogP contribution in [0.2, 0.25) is 0 Å². The molecule has 178 valence electrons. The van der Waals surface area contributed by atoms with Gasteiger partial charge in [-0.1, -0.05) is 60.7 Å². The highest BCUT2D eigenvalue weighted by atomic mass is 16.5. The highest BCUT2D eigenvalue weighted by molar-refractivity contribution is 5.87. The van der Waals surface area contributed by atoms with Gasteiger partial charge in [-0.05, 0) is 23.3 Å². The smallest absolute Gasteiger partial charge is 0.234 e. The quantitative estimate of drug-likeness (QED) is 0.446. The summed E-state index contributed by atoms with van der Waals surface area (Å²) in [5.41, 5.74) is 1.95. The van der Waals surface area contributed by atoms with Crippen molar-refractivity contribution in [3.8, 4) is 17.2 Å². The summed E-state index contributed by atoms with van der Waals surface area (Å²) in [6.07, 6.45) is -0.773. The van der Waals surface area contributed by atoms with E-state index in [1.165, 1.54) is 18.2 Å². The number of carbonyl (C=O) groups is 1. The Labute approximate surface area is 199 Å². The molecule has 7 heteroatoms. The molecule has 3 aromatic rings. The molecular weight excluding hydrogens is 432 g/mol. The lowest BCUT2D eigenvalue weighted by Gasteiger charge is -2.37. The first kappa shape index (κ1) is 23.6. The Morgan fingerprint density at radius 1 is 0.853 bits per heavy atom. The number of amides is 1. The number of piperazine rings is 1. The first-order valence-corrected chi connectivity index (χ1v) is 11.4. The van der Waals surface area contributed by atoms with Crippen LogP contribution in [0.4, 0.5) is 0 Å². The summed E-state index contributed by atoms with van der Waals surface area (Å²) in [7, 11) is 0. The van der Waals surface area contributed by atoms with Gasteiger partial charge in [0.2, 0.25) is 5.91 Å². The van der Waals surface area contributed by atoms with E-state index in [0.29, 0.717) is 32.7 Å². The highest BCUT2D eigenvalue weighted by Gasteiger charge is 2.30. The Morgan fingerprint density at radius 3 is 2.03 bits per heavy atom. The minimum atomic E-state index is -0.773. The number of ether oxygens (including phenoxy) is 1. The van der Waals surface area contributed by atoms with E-state index in [2.05, 4.69) is 4.90 Å². The Hall–Kier alpha value is -3.55. The van der Waals surface area contributed by atoms with Crippen molar-refractivity contribution < 1.29 is 24.9 Å². The number of hydrogen-bond acceptors (Lipinski definition) is 6. The zero-order valence-corrected chi connectivity index (χ0v) is 19.0. The van der Waals surface area contributed by atoms with E-state index in [0.717, 1.165) is 11.1 Å². The molecule has 0 bridgehead atoms. The fourth-order valence-corrected chi connectivity index (χ4v) is 4.26. The van der Waals surface area contributed by atoms with Crippen LogP contribution in [-0.2, 0) is 4.79 Å². The van der Waals surface area contributed by atoms with Gasteiger partial charge in [0, 0.05) is 38.8 Å². The topological polar surface area (TPSA) is 93.5 Å².